The van der Waals surface area contributed by atoms with Gasteiger partial charge in [0.05, 0.1) is 10.5 Å². The summed E-state index contributed by atoms with van der Waals surface area (Å²) in [4.78, 5) is 34.2. The zero-order valence-electron chi connectivity index (χ0n) is 11.4. The molecule has 0 aromatic heterocycles. The Morgan fingerprint density at radius 1 is 1.04 bits per heavy atom. The van der Waals surface area contributed by atoms with E-state index in [9.17, 15) is 19.7 Å². The summed E-state index contributed by atoms with van der Waals surface area (Å²) in [6.45, 7) is 0. The van der Waals surface area contributed by atoms with Crippen LogP contribution in [0, 0.1) is 10.1 Å². The molecule has 0 aliphatic carbocycles. The number of nitro benzene ring substituents is 1. The van der Waals surface area contributed by atoms with Gasteiger partial charge in [-0.2, -0.15) is 0 Å². The molecule has 0 bridgehead atoms. The van der Waals surface area contributed by atoms with E-state index < -0.39 is 22.4 Å². The van der Waals surface area contributed by atoms with Gasteiger partial charge in [0, 0.05) is 15.6 Å². The molecule has 0 radical (unpaired) electrons. The first kappa shape index (κ1) is 16.9. The van der Waals surface area contributed by atoms with E-state index in [1.165, 1.54) is 12.1 Å². The number of nitrogens with zero attached hydrogens (tertiary/aromatic N) is 1. The summed E-state index contributed by atoms with van der Waals surface area (Å²) in [5, 5.41) is 11.1. The molecule has 23 heavy (non-hydrogen) atoms. The molecule has 0 heterocycles. The van der Waals surface area contributed by atoms with Crippen LogP contribution in [0.1, 0.15) is 20.7 Å². The van der Waals surface area contributed by atoms with Crippen molar-refractivity contribution in [2.45, 2.75) is 0 Å². The van der Waals surface area contributed by atoms with Gasteiger partial charge in [0.2, 0.25) is 0 Å². The van der Waals surface area contributed by atoms with Crippen LogP contribution in [0.15, 0.2) is 46.9 Å². The van der Waals surface area contributed by atoms with Crippen molar-refractivity contribution < 1.29 is 14.5 Å². The molecule has 0 fully saturated rings. The molecule has 0 aliphatic heterocycles. The van der Waals surface area contributed by atoms with Gasteiger partial charge in [-0.05, 0) is 40.2 Å². The molecule has 118 valence electrons. The van der Waals surface area contributed by atoms with Crippen LogP contribution in [-0.2, 0) is 0 Å². The highest BCUT2D eigenvalue weighted by molar-refractivity contribution is 9.10. The van der Waals surface area contributed by atoms with E-state index >= 15 is 0 Å². The summed E-state index contributed by atoms with van der Waals surface area (Å²) in [7, 11) is 0. The second-order valence-corrected chi connectivity index (χ2v) is 5.60. The molecule has 2 N–H and O–H groups in total. The van der Waals surface area contributed by atoms with Gasteiger partial charge in [-0.15, -0.1) is 0 Å². The first-order valence-corrected chi connectivity index (χ1v) is 7.36. The van der Waals surface area contributed by atoms with Crippen molar-refractivity contribution in [3.05, 3.63) is 73.2 Å². The maximum absolute atomic E-state index is 12.0. The molecule has 0 atom stereocenters. The fourth-order valence-corrected chi connectivity index (χ4v) is 2.37. The topological polar surface area (TPSA) is 101 Å². The molecular weight excluding hydrogens is 390 g/mol. The van der Waals surface area contributed by atoms with Crippen LogP contribution < -0.4 is 10.9 Å². The Morgan fingerprint density at radius 3 is 2.26 bits per heavy atom. The Morgan fingerprint density at radius 2 is 1.65 bits per heavy atom. The van der Waals surface area contributed by atoms with Gasteiger partial charge in [-0.1, -0.05) is 23.7 Å². The Kier molecular flexibility index (Phi) is 5.30. The fraction of sp³-hybridized carbons (Fsp3) is 0. The molecule has 0 unspecified atom stereocenters. The number of carbonyl (C=O) groups excluding carboxylic acids is 2. The van der Waals surface area contributed by atoms with Gasteiger partial charge in [-0.3, -0.25) is 30.6 Å². The molecule has 2 amide bonds. The largest absolute Gasteiger partial charge is 0.283 e. The van der Waals surface area contributed by atoms with Gasteiger partial charge >= 0.3 is 0 Å². The molecular formula is C14H9BrClN3O4. The number of hydrazine groups is 1. The number of benzene rings is 2. The van der Waals surface area contributed by atoms with Crippen molar-refractivity contribution in [2.24, 2.45) is 0 Å². The van der Waals surface area contributed by atoms with Crippen LogP contribution in [0.2, 0.25) is 5.02 Å². The lowest BCUT2D eigenvalue weighted by Gasteiger charge is -2.09. The molecule has 2 aromatic rings. The monoisotopic (exact) mass is 397 g/mol. The average molecular weight is 399 g/mol. The minimum Gasteiger partial charge on any atom is -0.267 e. The normalized spacial score (nSPS) is 10.0. The minimum absolute atomic E-state index is 0.130. The smallest absolute Gasteiger partial charge is 0.267 e. The Bertz CT molecular complexity index is 797. The number of hydrogen-bond acceptors (Lipinski definition) is 4. The third-order valence-corrected chi connectivity index (χ3v) is 3.74. The molecule has 0 saturated heterocycles. The summed E-state index contributed by atoms with van der Waals surface area (Å²) in [6.07, 6.45) is 0. The fourth-order valence-electron chi connectivity index (χ4n) is 1.74. The van der Waals surface area contributed by atoms with Gasteiger partial charge in [-0.25, -0.2) is 0 Å². The molecule has 2 rings (SSSR count). The van der Waals surface area contributed by atoms with Gasteiger partial charge < -0.3 is 0 Å². The predicted octanol–water partition coefficient (Wildman–Crippen LogP) is 3.09. The van der Waals surface area contributed by atoms with Crippen LogP contribution in [0.4, 0.5) is 5.69 Å². The zero-order chi connectivity index (χ0) is 17.0. The summed E-state index contributed by atoms with van der Waals surface area (Å²) in [5.74, 6) is -1.39. The van der Waals surface area contributed by atoms with E-state index in [0.29, 0.717) is 10.0 Å². The number of amides is 2. The number of nitrogens with one attached hydrogen (secondary N) is 2. The van der Waals surface area contributed by atoms with E-state index in [-0.39, 0.29) is 10.6 Å². The van der Waals surface area contributed by atoms with Crippen LogP contribution >= 0.6 is 27.5 Å². The van der Waals surface area contributed by atoms with E-state index in [0.717, 1.165) is 6.07 Å². The molecule has 9 heteroatoms. The highest BCUT2D eigenvalue weighted by Gasteiger charge is 2.21. The second-order valence-electron chi connectivity index (χ2n) is 4.31. The van der Waals surface area contributed by atoms with Crippen molar-refractivity contribution >= 4 is 45.0 Å². The average Bonchev–Trinajstić information content (AvgIpc) is 2.52. The van der Waals surface area contributed by atoms with Crippen LogP contribution in [0.3, 0.4) is 0 Å². The van der Waals surface area contributed by atoms with E-state index in [1.54, 1.807) is 24.3 Å². The standard InChI is InChI=1S/C14H9BrClN3O4/c15-11-4-2-1-3-9(11)13(20)17-18-14(21)10-6-5-8(16)7-12(10)19(22)23/h1-7H,(H,17,20)(H,18,21). The molecule has 0 saturated carbocycles. The van der Waals surface area contributed by atoms with Crippen LogP contribution in [0.25, 0.3) is 0 Å². The van der Waals surface area contributed by atoms with Gasteiger partial charge in [0.25, 0.3) is 17.5 Å². The highest BCUT2D eigenvalue weighted by atomic mass is 79.9. The van der Waals surface area contributed by atoms with Gasteiger partial charge in [0.1, 0.15) is 5.56 Å². The van der Waals surface area contributed by atoms with E-state index in [2.05, 4.69) is 26.8 Å². The van der Waals surface area contributed by atoms with E-state index in [1.807, 2.05) is 0 Å². The minimum atomic E-state index is -0.825. The molecule has 2 aromatic carbocycles. The van der Waals surface area contributed by atoms with E-state index in [4.69, 9.17) is 11.6 Å². The number of carbonyl (C=O) groups is 2. The molecule has 0 spiro atoms. The summed E-state index contributed by atoms with van der Waals surface area (Å²) in [5.41, 5.74) is 3.96. The summed E-state index contributed by atoms with van der Waals surface area (Å²) < 4.78 is 0.546. The lowest BCUT2D eigenvalue weighted by Crippen LogP contribution is -2.41. The SMILES string of the molecule is O=C(NNC(=O)c1ccc(Cl)cc1[N+](=O)[O-])c1ccccc1Br. The van der Waals surface area contributed by atoms with Crippen LogP contribution in [-0.4, -0.2) is 16.7 Å². The predicted molar refractivity (Wildman–Crippen MR) is 87.2 cm³/mol. The third kappa shape index (κ3) is 4.05. The maximum atomic E-state index is 12.0. The van der Waals surface area contributed by atoms with Crippen molar-refractivity contribution in [1.82, 2.24) is 10.9 Å². The van der Waals surface area contributed by atoms with Crippen LogP contribution in [0.5, 0.6) is 0 Å². The maximum Gasteiger partial charge on any atom is 0.283 e. The number of hydrogen-bond donors (Lipinski definition) is 2. The number of rotatable bonds is 3. The lowest BCUT2D eigenvalue weighted by atomic mass is 10.1. The summed E-state index contributed by atoms with van der Waals surface area (Å²) in [6, 6.07) is 10.2. The Hall–Kier alpha value is -2.45. The third-order valence-electron chi connectivity index (χ3n) is 2.81. The highest BCUT2D eigenvalue weighted by Crippen LogP contribution is 2.23. The number of nitro groups is 1. The first-order valence-electron chi connectivity index (χ1n) is 6.19. The van der Waals surface area contributed by atoms with Gasteiger partial charge in [0.15, 0.2) is 0 Å². The number of halogens is 2. The molecule has 7 nitrogen and oxygen atoms in total. The lowest BCUT2D eigenvalue weighted by molar-refractivity contribution is -0.385. The second kappa shape index (κ2) is 7.21. The molecule has 0 aliphatic rings. The quantitative estimate of drug-likeness (QED) is 0.613. The summed E-state index contributed by atoms with van der Waals surface area (Å²) >= 11 is 8.89. The van der Waals surface area contributed by atoms with Crippen molar-refractivity contribution in [3.8, 4) is 0 Å². The first-order chi connectivity index (χ1) is 10.9. The zero-order valence-corrected chi connectivity index (χ0v) is 13.7. The van der Waals surface area contributed by atoms with Crippen molar-refractivity contribution in [2.75, 3.05) is 0 Å². The van der Waals surface area contributed by atoms with Crippen molar-refractivity contribution in [3.63, 3.8) is 0 Å². The van der Waals surface area contributed by atoms with Crippen molar-refractivity contribution in [1.29, 1.82) is 0 Å². The Labute approximate surface area is 143 Å². The Balaban J connectivity index is 2.13.